The normalized spacial score (nSPS) is 19.9. The van der Waals surface area contributed by atoms with Crippen LogP contribution in [0.5, 0.6) is 0 Å². The molecule has 1 aliphatic carbocycles. The molecule has 1 aromatic heterocycles. The van der Waals surface area contributed by atoms with Crippen molar-refractivity contribution in [2.24, 2.45) is 5.92 Å². The van der Waals surface area contributed by atoms with Gasteiger partial charge in [-0.3, -0.25) is 0 Å². The van der Waals surface area contributed by atoms with E-state index >= 15 is 0 Å². The molecule has 0 spiro atoms. The molecule has 1 unspecified atom stereocenters. The zero-order valence-corrected chi connectivity index (χ0v) is 12.2. The van der Waals surface area contributed by atoms with Gasteiger partial charge in [-0.05, 0) is 52.2 Å². The molecule has 2 rings (SSSR count). The van der Waals surface area contributed by atoms with Gasteiger partial charge in [-0.25, -0.2) is 0 Å². The van der Waals surface area contributed by atoms with E-state index in [1.165, 1.54) is 42.1 Å². The van der Waals surface area contributed by atoms with Crippen molar-refractivity contribution in [3.8, 4) is 0 Å². The first-order valence-corrected chi connectivity index (χ1v) is 8.01. The van der Waals surface area contributed by atoms with E-state index < -0.39 is 0 Å². The van der Waals surface area contributed by atoms with Crippen LogP contribution in [0.15, 0.2) is 15.2 Å². The highest BCUT2D eigenvalue weighted by atomic mass is 79.9. The van der Waals surface area contributed by atoms with Crippen LogP contribution in [0, 0.1) is 5.92 Å². The van der Waals surface area contributed by atoms with Crippen LogP contribution in [0.4, 0.5) is 0 Å². The van der Waals surface area contributed by atoms with E-state index in [1.54, 1.807) is 11.3 Å². The third-order valence-corrected chi connectivity index (χ3v) is 5.27. The van der Waals surface area contributed by atoms with E-state index in [4.69, 9.17) is 0 Å². The van der Waals surface area contributed by atoms with Gasteiger partial charge in [0.1, 0.15) is 0 Å². The molecule has 3 heteroatoms. The summed E-state index contributed by atoms with van der Waals surface area (Å²) in [7, 11) is 0. The second-order valence-electron chi connectivity index (χ2n) is 4.61. The lowest BCUT2D eigenvalue weighted by molar-refractivity contribution is 0.274. The Morgan fingerprint density at radius 1 is 1.38 bits per heavy atom. The van der Waals surface area contributed by atoms with Crippen LogP contribution in [-0.2, 0) is 0 Å². The molecule has 1 aliphatic rings. The Morgan fingerprint density at radius 2 is 2.12 bits per heavy atom. The van der Waals surface area contributed by atoms with Gasteiger partial charge < -0.3 is 5.32 Å². The minimum Gasteiger partial charge on any atom is -0.310 e. The second-order valence-corrected chi connectivity index (χ2v) is 6.21. The molecule has 1 saturated carbocycles. The molecule has 16 heavy (non-hydrogen) atoms. The summed E-state index contributed by atoms with van der Waals surface area (Å²) in [5.41, 5.74) is 1.47. The van der Waals surface area contributed by atoms with Gasteiger partial charge in [-0.1, -0.05) is 26.2 Å². The molecule has 1 nitrogen and oxygen atoms in total. The molecule has 0 aromatic carbocycles. The molecule has 0 saturated heterocycles. The molecule has 90 valence electrons. The van der Waals surface area contributed by atoms with Crippen molar-refractivity contribution < 1.29 is 0 Å². The second kappa shape index (κ2) is 6.18. The molecule has 0 bridgehead atoms. The highest BCUT2D eigenvalue weighted by Gasteiger charge is 2.25. The third-order valence-electron chi connectivity index (χ3n) is 3.52. The molecular formula is C13H20BrNS. The summed E-state index contributed by atoms with van der Waals surface area (Å²) in [6, 6.07) is 0.561. The maximum absolute atomic E-state index is 3.67. The maximum atomic E-state index is 3.67. The van der Waals surface area contributed by atoms with Crippen molar-refractivity contribution in [1.29, 1.82) is 0 Å². The van der Waals surface area contributed by atoms with Gasteiger partial charge in [0.05, 0.1) is 0 Å². The number of hydrogen-bond donors (Lipinski definition) is 1. The molecule has 0 aliphatic heterocycles. The predicted molar refractivity (Wildman–Crippen MR) is 75.0 cm³/mol. The lowest BCUT2D eigenvalue weighted by Gasteiger charge is -2.31. The first-order valence-electron chi connectivity index (χ1n) is 6.28. The monoisotopic (exact) mass is 301 g/mol. The van der Waals surface area contributed by atoms with Crippen molar-refractivity contribution in [3.63, 3.8) is 0 Å². The van der Waals surface area contributed by atoms with Crippen LogP contribution in [0.1, 0.15) is 50.6 Å². The van der Waals surface area contributed by atoms with Crippen LogP contribution in [0.3, 0.4) is 0 Å². The largest absolute Gasteiger partial charge is 0.310 e. The van der Waals surface area contributed by atoms with E-state index in [0.717, 1.165) is 12.5 Å². The molecule has 0 radical (unpaired) electrons. The summed E-state index contributed by atoms with van der Waals surface area (Å²) in [5.74, 6) is 0.833. The Morgan fingerprint density at radius 3 is 2.69 bits per heavy atom. The van der Waals surface area contributed by atoms with Crippen molar-refractivity contribution in [2.45, 2.75) is 45.1 Å². The number of hydrogen-bond acceptors (Lipinski definition) is 2. The summed E-state index contributed by atoms with van der Waals surface area (Å²) in [6.07, 6.45) is 7.03. The van der Waals surface area contributed by atoms with Gasteiger partial charge >= 0.3 is 0 Å². The molecule has 1 fully saturated rings. The average Bonchev–Trinajstić information content (AvgIpc) is 2.73. The third kappa shape index (κ3) is 2.88. The fourth-order valence-corrected chi connectivity index (χ4v) is 4.31. The van der Waals surface area contributed by atoms with Gasteiger partial charge in [-0.15, -0.1) is 0 Å². The van der Waals surface area contributed by atoms with Gasteiger partial charge in [-0.2, -0.15) is 11.3 Å². The maximum Gasteiger partial charge on any atom is 0.0368 e. The fourth-order valence-electron chi connectivity index (χ4n) is 2.73. The Labute approximate surface area is 111 Å². The summed E-state index contributed by atoms with van der Waals surface area (Å²) >= 11 is 5.47. The molecule has 1 N–H and O–H groups in total. The average molecular weight is 302 g/mol. The summed E-state index contributed by atoms with van der Waals surface area (Å²) in [4.78, 5) is 0. The van der Waals surface area contributed by atoms with E-state index in [9.17, 15) is 0 Å². The number of halogens is 1. The van der Waals surface area contributed by atoms with E-state index in [1.807, 2.05) is 0 Å². The zero-order valence-electron chi connectivity index (χ0n) is 9.84. The van der Waals surface area contributed by atoms with Crippen molar-refractivity contribution >= 4 is 27.3 Å². The lowest BCUT2D eigenvalue weighted by Crippen LogP contribution is -2.29. The first kappa shape index (κ1) is 12.6. The zero-order chi connectivity index (χ0) is 11.4. The highest BCUT2D eigenvalue weighted by Crippen LogP contribution is 2.38. The quantitative estimate of drug-likeness (QED) is 0.847. The SMILES string of the molecule is CCNC(c1cscc1Br)C1CCCCC1. The molecule has 0 amide bonds. The Hall–Kier alpha value is 0.140. The topological polar surface area (TPSA) is 12.0 Å². The van der Waals surface area contributed by atoms with Crippen LogP contribution >= 0.6 is 27.3 Å². The number of thiophene rings is 1. The van der Waals surface area contributed by atoms with Gasteiger partial charge in [0.25, 0.3) is 0 Å². The van der Waals surface area contributed by atoms with Crippen molar-refractivity contribution in [2.75, 3.05) is 6.54 Å². The Bertz CT molecular complexity index is 317. The van der Waals surface area contributed by atoms with Crippen LogP contribution in [0.2, 0.25) is 0 Å². The van der Waals surface area contributed by atoms with E-state index in [0.29, 0.717) is 6.04 Å². The van der Waals surface area contributed by atoms with E-state index in [2.05, 4.69) is 38.9 Å². The molecule has 1 heterocycles. The Balaban J connectivity index is 2.12. The molecular weight excluding hydrogens is 282 g/mol. The number of nitrogens with one attached hydrogen (secondary N) is 1. The van der Waals surface area contributed by atoms with Gasteiger partial charge in [0.15, 0.2) is 0 Å². The highest BCUT2D eigenvalue weighted by molar-refractivity contribution is 9.10. The lowest BCUT2D eigenvalue weighted by atomic mass is 9.82. The Kier molecular flexibility index (Phi) is 4.86. The predicted octanol–water partition coefficient (Wildman–Crippen LogP) is 4.74. The summed E-state index contributed by atoms with van der Waals surface area (Å²) < 4.78 is 1.29. The van der Waals surface area contributed by atoms with Crippen molar-refractivity contribution in [3.05, 3.63) is 20.8 Å². The minimum atomic E-state index is 0.561. The smallest absolute Gasteiger partial charge is 0.0368 e. The van der Waals surface area contributed by atoms with Crippen LogP contribution < -0.4 is 5.32 Å². The van der Waals surface area contributed by atoms with Gasteiger partial charge in [0, 0.05) is 15.9 Å². The fraction of sp³-hybridized carbons (Fsp3) is 0.692. The number of rotatable bonds is 4. The van der Waals surface area contributed by atoms with Crippen LogP contribution in [0.25, 0.3) is 0 Å². The molecule has 1 aromatic rings. The van der Waals surface area contributed by atoms with E-state index in [-0.39, 0.29) is 0 Å². The van der Waals surface area contributed by atoms with Gasteiger partial charge in [0.2, 0.25) is 0 Å². The molecule has 1 atom stereocenters. The van der Waals surface area contributed by atoms with Crippen molar-refractivity contribution in [1.82, 2.24) is 5.32 Å². The minimum absolute atomic E-state index is 0.561. The van der Waals surface area contributed by atoms with Crippen LogP contribution in [-0.4, -0.2) is 6.54 Å². The summed E-state index contributed by atoms with van der Waals surface area (Å²) in [5, 5.41) is 8.17. The summed E-state index contributed by atoms with van der Waals surface area (Å²) in [6.45, 7) is 3.26. The standard InChI is InChI=1S/C13H20BrNS/c1-2-15-13(10-6-4-3-5-7-10)11-8-16-9-12(11)14/h8-10,13,15H,2-7H2,1H3. The first-order chi connectivity index (χ1) is 7.83.